The second-order valence-electron chi connectivity index (χ2n) is 5.43. The van der Waals surface area contributed by atoms with Gasteiger partial charge in [-0.25, -0.2) is 0 Å². The maximum Gasteiger partial charge on any atom is 0.126 e. The lowest BCUT2D eigenvalue weighted by Crippen LogP contribution is -2.32. The fourth-order valence-electron chi connectivity index (χ4n) is 2.51. The Bertz CT molecular complexity index is 446. The smallest absolute Gasteiger partial charge is 0.126 e. The van der Waals surface area contributed by atoms with Crippen molar-refractivity contribution in [2.24, 2.45) is 0 Å². The molecule has 1 aliphatic heterocycles. The van der Waals surface area contributed by atoms with Gasteiger partial charge in [0, 0.05) is 17.9 Å². The van der Waals surface area contributed by atoms with E-state index in [0.717, 1.165) is 41.4 Å². The van der Waals surface area contributed by atoms with E-state index in [1.54, 1.807) is 0 Å². The lowest BCUT2D eigenvalue weighted by Gasteiger charge is -2.24. The number of benzene rings is 1. The third-order valence-corrected chi connectivity index (χ3v) is 3.71. The van der Waals surface area contributed by atoms with E-state index in [2.05, 4.69) is 12.2 Å². The van der Waals surface area contributed by atoms with Crippen LogP contribution >= 0.6 is 11.6 Å². The van der Waals surface area contributed by atoms with E-state index in [9.17, 15) is 5.11 Å². The highest BCUT2D eigenvalue weighted by molar-refractivity contribution is 6.30. The van der Waals surface area contributed by atoms with Gasteiger partial charge in [0.15, 0.2) is 0 Å². The van der Waals surface area contributed by atoms with E-state index >= 15 is 0 Å². The first-order chi connectivity index (χ1) is 9.02. The number of aliphatic hydroxyl groups is 1. The summed E-state index contributed by atoms with van der Waals surface area (Å²) in [5.41, 5.74) is 1.43. The maximum atomic E-state index is 10.5. The number of hydrogen-bond donors (Lipinski definition) is 2. The number of ether oxygens (including phenoxy) is 1. The molecule has 0 amide bonds. The average molecular weight is 284 g/mol. The van der Waals surface area contributed by atoms with E-state index in [1.807, 2.05) is 19.1 Å². The van der Waals surface area contributed by atoms with Crippen molar-refractivity contribution in [2.75, 3.05) is 19.7 Å². The lowest BCUT2D eigenvalue weighted by atomic mass is 9.91. The largest absolute Gasteiger partial charge is 0.493 e. The van der Waals surface area contributed by atoms with Crippen LogP contribution in [0, 0.1) is 0 Å². The summed E-state index contributed by atoms with van der Waals surface area (Å²) in [6.45, 7) is 6.38. The Balaban J connectivity index is 2.10. The van der Waals surface area contributed by atoms with E-state index in [1.165, 1.54) is 0 Å². The van der Waals surface area contributed by atoms with Crippen molar-refractivity contribution in [1.29, 1.82) is 0 Å². The first-order valence-electron chi connectivity index (χ1n) is 6.89. The van der Waals surface area contributed by atoms with E-state index in [4.69, 9.17) is 16.3 Å². The molecule has 0 saturated carbocycles. The molecule has 0 bridgehead atoms. The molecule has 0 aromatic heterocycles. The molecule has 3 nitrogen and oxygen atoms in total. The molecule has 0 aliphatic carbocycles. The van der Waals surface area contributed by atoms with Gasteiger partial charge in [0.2, 0.25) is 0 Å². The lowest BCUT2D eigenvalue weighted by molar-refractivity contribution is 0.0511. The van der Waals surface area contributed by atoms with E-state index in [-0.39, 0.29) is 0 Å². The summed E-state index contributed by atoms with van der Waals surface area (Å²) in [5, 5.41) is 14.4. The van der Waals surface area contributed by atoms with Crippen molar-refractivity contribution in [2.45, 2.75) is 38.7 Å². The third kappa shape index (κ3) is 3.85. The van der Waals surface area contributed by atoms with Gasteiger partial charge in [0.05, 0.1) is 12.2 Å². The van der Waals surface area contributed by atoms with Crippen molar-refractivity contribution in [3.63, 3.8) is 0 Å². The zero-order valence-electron chi connectivity index (χ0n) is 11.6. The fraction of sp³-hybridized carbons (Fsp3) is 0.600. The molecule has 1 aromatic rings. The minimum absolute atomic E-state index is 0.571. The Morgan fingerprint density at radius 3 is 3.00 bits per heavy atom. The van der Waals surface area contributed by atoms with E-state index < -0.39 is 5.60 Å². The summed E-state index contributed by atoms with van der Waals surface area (Å²) in [6, 6.07) is 3.87. The van der Waals surface area contributed by atoms with Gasteiger partial charge in [0.1, 0.15) is 5.75 Å². The summed E-state index contributed by atoms with van der Waals surface area (Å²) in [5.74, 6) is 0.924. The summed E-state index contributed by atoms with van der Waals surface area (Å²) in [7, 11) is 0. The Kier molecular flexibility index (Phi) is 4.71. The molecule has 0 spiro atoms. The van der Waals surface area contributed by atoms with Gasteiger partial charge in [-0.2, -0.15) is 0 Å². The van der Waals surface area contributed by atoms with Crippen LogP contribution in [-0.2, 0) is 12.8 Å². The molecule has 0 fully saturated rings. The van der Waals surface area contributed by atoms with Crippen molar-refractivity contribution < 1.29 is 9.84 Å². The Labute approximate surface area is 119 Å². The van der Waals surface area contributed by atoms with Gasteiger partial charge in [-0.05, 0) is 49.7 Å². The maximum absolute atomic E-state index is 10.5. The molecular weight excluding hydrogens is 262 g/mol. The fourth-order valence-corrected chi connectivity index (χ4v) is 2.77. The molecule has 1 aromatic carbocycles. The van der Waals surface area contributed by atoms with Gasteiger partial charge in [-0.3, -0.25) is 0 Å². The predicted octanol–water partition coefficient (Wildman–Crippen LogP) is 2.57. The highest BCUT2D eigenvalue weighted by Gasteiger charge is 2.25. The Morgan fingerprint density at radius 2 is 2.26 bits per heavy atom. The van der Waals surface area contributed by atoms with Crippen LogP contribution in [0.3, 0.4) is 0 Å². The number of hydrogen-bond acceptors (Lipinski definition) is 3. The average Bonchev–Trinajstić information content (AvgIpc) is 2.76. The van der Waals surface area contributed by atoms with E-state index in [0.29, 0.717) is 19.4 Å². The van der Waals surface area contributed by atoms with Crippen LogP contribution in [0.5, 0.6) is 5.75 Å². The zero-order chi connectivity index (χ0) is 13.9. The van der Waals surface area contributed by atoms with Crippen LogP contribution in [0.25, 0.3) is 0 Å². The van der Waals surface area contributed by atoms with Gasteiger partial charge in [-0.1, -0.05) is 18.5 Å². The normalized spacial score (nSPS) is 16.8. The number of halogens is 1. The topological polar surface area (TPSA) is 41.5 Å². The molecule has 0 saturated heterocycles. The Morgan fingerprint density at radius 1 is 1.47 bits per heavy atom. The first-order valence-corrected chi connectivity index (χ1v) is 7.27. The van der Waals surface area contributed by atoms with Crippen molar-refractivity contribution in [3.05, 3.63) is 28.3 Å². The molecule has 4 heteroatoms. The van der Waals surface area contributed by atoms with Crippen molar-refractivity contribution in [1.82, 2.24) is 5.32 Å². The minimum Gasteiger partial charge on any atom is -0.493 e. The third-order valence-electron chi connectivity index (χ3n) is 3.49. The minimum atomic E-state index is -0.743. The summed E-state index contributed by atoms with van der Waals surface area (Å²) in [6.07, 6.45) is 2.19. The molecule has 1 unspecified atom stereocenters. The monoisotopic (exact) mass is 283 g/mol. The molecule has 106 valence electrons. The van der Waals surface area contributed by atoms with Crippen LogP contribution in [0.4, 0.5) is 0 Å². The van der Waals surface area contributed by atoms with Crippen LogP contribution in [0.1, 0.15) is 31.4 Å². The highest BCUT2D eigenvalue weighted by Crippen LogP contribution is 2.35. The van der Waals surface area contributed by atoms with Crippen LogP contribution < -0.4 is 10.1 Å². The summed E-state index contributed by atoms with van der Waals surface area (Å²) >= 11 is 6.13. The van der Waals surface area contributed by atoms with Gasteiger partial charge < -0.3 is 15.2 Å². The molecule has 0 radical (unpaired) electrons. The molecule has 1 heterocycles. The van der Waals surface area contributed by atoms with Crippen LogP contribution in [0.2, 0.25) is 5.02 Å². The number of nitrogens with one attached hydrogen (secondary N) is 1. The molecule has 1 atom stereocenters. The Hall–Kier alpha value is -0.770. The number of fused-ring (bicyclic) bond motifs is 1. The quantitative estimate of drug-likeness (QED) is 0.789. The highest BCUT2D eigenvalue weighted by atomic mass is 35.5. The molecular formula is C15H22ClNO2. The SMILES string of the molecule is CCNCCC(C)(O)Cc1cc(Cl)cc2c1OCC2. The van der Waals surface area contributed by atoms with Gasteiger partial charge in [-0.15, -0.1) is 0 Å². The molecule has 19 heavy (non-hydrogen) atoms. The molecule has 2 rings (SSSR count). The molecule has 1 aliphatic rings. The van der Waals surface area contributed by atoms with Crippen molar-refractivity contribution >= 4 is 11.6 Å². The summed E-state index contributed by atoms with van der Waals surface area (Å²) in [4.78, 5) is 0. The van der Waals surface area contributed by atoms with Crippen LogP contribution in [0.15, 0.2) is 12.1 Å². The predicted molar refractivity (Wildman–Crippen MR) is 78.1 cm³/mol. The van der Waals surface area contributed by atoms with Gasteiger partial charge in [0.25, 0.3) is 0 Å². The second kappa shape index (κ2) is 6.12. The standard InChI is InChI=1S/C15H22ClNO2/c1-3-17-6-5-15(2,18)10-12-9-13(16)8-11-4-7-19-14(11)12/h8-9,17-18H,3-7,10H2,1-2H3. The summed E-state index contributed by atoms with van der Waals surface area (Å²) < 4.78 is 5.67. The molecule has 2 N–H and O–H groups in total. The van der Waals surface area contributed by atoms with Crippen LogP contribution in [-0.4, -0.2) is 30.4 Å². The van der Waals surface area contributed by atoms with Gasteiger partial charge >= 0.3 is 0 Å². The zero-order valence-corrected chi connectivity index (χ0v) is 12.4. The second-order valence-corrected chi connectivity index (χ2v) is 5.87. The van der Waals surface area contributed by atoms with Crippen molar-refractivity contribution in [3.8, 4) is 5.75 Å². The first kappa shape index (κ1) is 14.6. The number of rotatable bonds is 6.